The first-order chi connectivity index (χ1) is 14.5. The third-order valence-corrected chi connectivity index (χ3v) is 7.94. The molecule has 31 heavy (non-hydrogen) atoms. The molecule has 0 aromatic heterocycles. The van der Waals surface area contributed by atoms with Crippen LogP contribution >= 0.6 is 15.1 Å². The van der Waals surface area contributed by atoms with E-state index in [0.29, 0.717) is 52.6 Å². The number of ether oxygens (including phenoxy) is 4. The topological polar surface area (TPSA) is 153 Å². The van der Waals surface area contributed by atoms with Crippen LogP contribution < -0.4 is 5.09 Å². The molecule has 0 aliphatic rings. The van der Waals surface area contributed by atoms with Crippen LogP contribution in [-0.4, -0.2) is 98.3 Å². The van der Waals surface area contributed by atoms with E-state index in [4.69, 9.17) is 23.5 Å². The van der Waals surface area contributed by atoms with E-state index in [1.165, 1.54) is 0 Å². The molecule has 0 amide bonds. The maximum atomic E-state index is 11.7. The highest BCUT2D eigenvalue weighted by molar-refractivity contribution is 7.56. The van der Waals surface area contributed by atoms with Crippen molar-refractivity contribution in [3.05, 3.63) is 0 Å². The van der Waals surface area contributed by atoms with E-state index in [1.54, 1.807) is 27.7 Å². The molecule has 11 nitrogen and oxygen atoms in total. The molecule has 0 aromatic rings. The van der Waals surface area contributed by atoms with Gasteiger partial charge in [0.2, 0.25) is 0 Å². The van der Waals surface area contributed by atoms with Gasteiger partial charge in [0.1, 0.15) is 6.10 Å². The Kier molecular flexibility index (Phi) is 17.6. The zero-order chi connectivity index (χ0) is 23.8. The second-order valence-corrected chi connectivity index (χ2v) is 12.5. The standard InChI is InChI=1S/C18H41NO10P2/c1-16(2)30(21,22)19-6-5-7-25-8-9-26-10-11-27-12-13-28-14-18(20)15-29-31(23,24)17(3)4/h16-18,20H,5-15H2,1-4H3,(H,23,24)(H2,19,21,22). The van der Waals surface area contributed by atoms with Crippen molar-refractivity contribution in [1.29, 1.82) is 0 Å². The maximum absolute atomic E-state index is 11.7. The second kappa shape index (κ2) is 17.6. The summed E-state index contributed by atoms with van der Waals surface area (Å²) in [6, 6.07) is 0. The van der Waals surface area contributed by atoms with E-state index < -0.39 is 26.9 Å². The average molecular weight is 493 g/mol. The molecular weight excluding hydrogens is 452 g/mol. The summed E-state index contributed by atoms with van der Waals surface area (Å²) in [4.78, 5) is 19.1. The Bertz CT molecular complexity index is 535. The lowest BCUT2D eigenvalue weighted by atomic mass is 10.4. The molecule has 0 aromatic carbocycles. The molecular formula is C18H41NO10P2. The van der Waals surface area contributed by atoms with Gasteiger partial charge in [-0.3, -0.25) is 9.13 Å². The van der Waals surface area contributed by atoms with Gasteiger partial charge >= 0.3 is 7.60 Å². The largest absolute Gasteiger partial charge is 0.388 e. The first-order valence-electron chi connectivity index (χ1n) is 10.5. The van der Waals surface area contributed by atoms with Gasteiger partial charge in [-0.1, -0.05) is 27.7 Å². The van der Waals surface area contributed by atoms with Crippen molar-refractivity contribution in [3.63, 3.8) is 0 Å². The molecule has 0 saturated heterocycles. The molecule has 3 unspecified atom stereocenters. The molecule has 4 N–H and O–H groups in total. The van der Waals surface area contributed by atoms with Gasteiger partial charge in [0.25, 0.3) is 7.52 Å². The van der Waals surface area contributed by atoms with Gasteiger partial charge in [0, 0.05) is 18.8 Å². The molecule has 0 aliphatic carbocycles. The zero-order valence-corrected chi connectivity index (χ0v) is 20.9. The number of rotatable bonds is 21. The number of hydrogen-bond acceptors (Lipinski definition) is 8. The lowest BCUT2D eigenvalue weighted by molar-refractivity contribution is -0.0251. The fourth-order valence-corrected chi connectivity index (χ4v) is 3.39. The highest BCUT2D eigenvalue weighted by atomic mass is 31.2. The van der Waals surface area contributed by atoms with E-state index in [1.807, 2.05) is 0 Å². The van der Waals surface area contributed by atoms with E-state index in [0.717, 1.165) is 0 Å². The van der Waals surface area contributed by atoms with Crippen LogP contribution in [0.15, 0.2) is 0 Å². The van der Waals surface area contributed by atoms with Gasteiger partial charge in [-0.25, -0.2) is 5.09 Å². The van der Waals surface area contributed by atoms with E-state index in [-0.39, 0.29) is 25.5 Å². The number of hydrogen-bond donors (Lipinski definition) is 4. The summed E-state index contributed by atoms with van der Waals surface area (Å²) in [6.07, 6.45) is -0.347. The molecule has 0 saturated carbocycles. The molecule has 13 heteroatoms. The Hall–Kier alpha value is 0.1000. The Morgan fingerprint density at radius 1 is 0.742 bits per heavy atom. The fraction of sp³-hybridized carbons (Fsp3) is 1.00. The van der Waals surface area contributed by atoms with Crippen molar-refractivity contribution in [1.82, 2.24) is 5.09 Å². The Balaban J connectivity index is 3.37. The van der Waals surface area contributed by atoms with Crippen LogP contribution in [0.1, 0.15) is 34.1 Å². The minimum atomic E-state index is -3.69. The highest BCUT2D eigenvalue weighted by Crippen LogP contribution is 2.46. The summed E-state index contributed by atoms with van der Waals surface area (Å²) in [5.74, 6) is 0. The molecule has 0 heterocycles. The number of nitrogens with one attached hydrogen (secondary N) is 1. The Labute approximate surface area is 185 Å². The second-order valence-electron chi connectivity index (χ2n) is 7.50. The summed E-state index contributed by atoms with van der Waals surface area (Å²) < 4.78 is 49.4. The van der Waals surface area contributed by atoms with E-state index >= 15 is 0 Å². The predicted molar refractivity (Wildman–Crippen MR) is 118 cm³/mol. The Morgan fingerprint density at radius 3 is 1.71 bits per heavy atom. The minimum absolute atomic E-state index is 0.0157. The van der Waals surface area contributed by atoms with E-state index in [2.05, 4.69) is 5.09 Å². The Morgan fingerprint density at radius 2 is 1.23 bits per heavy atom. The zero-order valence-electron chi connectivity index (χ0n) is 19.1. The first kappa shape index (κ1) is 31.1. The normalized spacial score (nSPS) is 17.1. The third-order valence-electron chi connectivity index (χ3n) is 4.03. The van der Waals surface area contributed by atoms with Gasteiger partial charge in [0.15, 0.2) is 0 Å². The van der Waals surface area contributed by atoms with Crippen LogP contribution in [0.25, 0.3) is 0 Å². The molecule has 0 fully saturated rings. The van der Waals surface area contributed by atoms with Crippen LogP contribution in [0.4, 0.5) is 0 Å². The SMILES string of the molecule is CC(C)P(=O)(O)NCCCOCCOCCOCCOCC(O)COP(=O)(O)C(C)C. The smallest absolute Gasteiger partial charge is 0.330 e. The van der Waals surface area contributed by atoms with Crippen molar-refractivity contribution in [2.75, 3.05) is 66.0 Å². The van der Waals surface area contributed by atoms with Crippen LogP contribution in [0.2, 0.25) is 0 Å². The van der Waals surface area contributed by atoms with Crippen molar-refractivity contribution >= 4 is 15.1 Å². The first-order valence-corrected chi connectivity index (χ1v) is 13.9. The van der Waals surface area contributed by atoms with Crippen LogP contribution in [-0.2, 0) is 32.6 Å². The van der Waals surface area contributed by atoms with Gasteiger partial charge < -0.3 is 38.4 Å². The van der Waals surface area contributed by atoms with Crippen LogP contribution in [0.3, 0.4) is 0 Å². The number of aliphatic hydroxyl groups excluding tert-OH is 1. The monoisotopic (exact) mass is 493 g/mol. The van der Waals surface area contributed by atoms with Gasteiger partial charge in [-0.05, 0) is 6.42 Å². The molecule has 0 radical (unpaired) electrons. The lowest BCUT2D eigenvalue weighted by Gasteiger charge is -2.18. The molecule has 0 bridgehead atoms. The molecule has 0 rings (SSSR count). The van der Waals surface area contributed by atoms with Gasteiger partial charge in [-0.15, -0.1) is 0 Å². The lowest BCUT2D eigenvalue weighted by Crippen LogP contribution is -2.23. The number of aliphatic hydroxyl groups is 1. The van der Waals surface area contributed by atoms with Gasteiger partial charge in [0.05, 0.1) is 58.5 Å². The van der Waals surface area contributed by atoms with Gasteiger partial charge in [-0.2, -0.15) is 0 Å². The summed E-state index contributed by atoms with van der Waals surface area (Å²) in [7, 11) is -6.94. The summed E-state index contributed by atoms with van der Waals surface area (Å²) >= 11 is 0. The maximum Gasteiger partial charge on any atom is 0.330 e. The quantitative estimate of drug-likeness (QED) is 0.136. The molecule has 0 spiro atoms. The predicted octanol–water partition coefficient (Wildman–Crippen LogP) is 1.60. The van der Waals surface area contributed by atoms with Crippen LogP contribution in [0, 0.1) is 0 Å². The summed E-state index contributed by atoms with van der Waals surface area (Å²) in [5, 5.41) is 12.3. The van der Waals surface area contributed by atoms with Crippen molar-refractivity contribution in [2.45, 2.75) is 51.5 Å². The molecule has 0 aliphatic heterocycles. The van der Waals surface area contributed by atoms with E-state index in [9.17, 15) is 24.0 Å². The van der Waals surface area contributed by atoms with Crippen molar-refractivity contribution < 1.29 is 47.5 Å². The third kappa shape index (κ3) is 17.3. The van der Waals surface area contributed by atoms with Crippen molar-refractivity contribution in [2.24, 2.45) is 0 Å². The summed E-state index contributed by atoms with van der Waals surface area (Å²) in [5.41, 5.74) is -0.830. The average Bonchev–Trinajstić information content (AvgIpc) is 2.69. The highest BCUT2D eigenvalue weighted by Gasteiger charge is 2.25. The molecule has 3 atom stereocenters. The minimum Gasteiger partial charge on any atom is -0.388 e. The summed E-state index contributed by atoms with van der Waals surface area (Å²) in [6.45, 7) is 9.43. The molecule has 188 valence electrons. The fourth-order valence-electron chi connectivity index (χ4n) is 1.87. The van der Waals surface area contributed by atoms with Crippen LogP contribution in [0.5, 0.6) is 0 Å². The van der Waals surface area contributed by atoms with Crippen molar-refractivity contribution in [3.8, 4) is 0 Å².